The Balaban J connectivity index is 0. The zero-order valence-electron chi connectivity index (χ0n) is 19.9. The van der Waals surface area contributed by atoms with Crippen molar-refractivity contribution in [1.29, 1.82) is 0 Å². The van der Waals surface area contributed by atoms with Crippen LogP contribution in [0.2, 0.25) is 0 Å². The van der Waals surface area contributed by atoms with E-state index in [4.69, 9.17) is 0 Å². The first-order chi connectivity index (χ1) is 12.5. The summed E-state index contributed by atoms with van der Waals surface area (Å²) in [6, 6.07) is 14.2. The second-order valence-electron chi connectivity index (χ2n) is 9.51. The van der Waals surface area contributed by atoms with Crippen molar-refractivity contribution in [3.8, 4) is 0 Å². The van der Waals surface area contributed by atoms with Crippen molar-refractivity contribution in [3.05, 3.63) is 81.1 Å². The van der Waals surface area contributed by atoms with Gasteiger partial charge in [0.2, 0.25) is 0 Å². The van der Waals surface area contributed by atoms with Gasteiger partial charge in [-0.2, -0.15) is 5.20 Å². The molecule has 1 aliphatic rings. The van der Waals surface area contributed by atoms with Gasteiger partial charge in [-0.1, -0.05) is 96.2 Å². The molecule has 31 heavy (non-hydrogen) atoms. The molecule has 0 spiro atoms. The van der Waals surface area contributed by atoms with Crippen molar-refractivity contribution in [3.63, 3.8) is 0 Å². The van der Waals surface area contributed by atoms with Gasteiger partial charge in [0, 0.05) is 0 Å². The molecule has 0 saturated carbocycles. The molecule has 0 amide bonds. The fraction of sp³-hybridized carbons (Fsp3) is 0.385. The molecule has 3 rings (SSSR count). The first kappa shape index (κ1) is 32.9. The molecule has 0 fully saturated rings. The molecule has 0 nitrogen and oxygen atoms in total. The van der Waals surface area contributed by atoms with Gasteiger partial charge in [0.05, 0.1) is 0 Å². The third-order valence-corrected chi connectivity index (χ3v) is 8.47. The number of hydrogen-bond donors (Lipinski definition) is 0. The third-order valence-electron chi connectivity index (χ3n) is 5.42. The van der Waals surface area contributed by atoms with E-state index in [0.29, 0.717) is 0 Å². The zero-order chi connectivity index (χ0) is 19.9. The fourth-order valence-corrected chi connectivity index (χ4v) is 8.34. The molecular weight excluding hydrogens is 495 g/mol. The molecule has 0 atom stereocenters. The number of hydrogen-bond acceptors (Lipinski definition) is 0. The van der Waals surface area contributed by atoms with Crippen molar-refractivity contribution in [2.75, 3.05) is 0 Å². The monoisotopic (exact) mass is 526 g/mol. The van der Waals surface area contributed by atoms with E-state index in [-0.39, 0.29) is 64.4 Å². The quantitative estimate of drug-likeness (QED) is 0.285. The summed E-state index contributed by atoms with van der Waals surface area (Å²) in [5.41, 5.74) is 8.55. The molecule has 0 unspecified atom stereocenters. The average molecular weight is 528 g/mol. The summed E-state index contributed by atoms with van der Waals surface area (Å²) in [4.78, 5) is 0. The number of halogens is 3. The minimum Gasteiger partial charge on any atom is -1.00 e. The number of benzene rings is 2. The Morgan fingerprint density at radius 1 is 0.677 bits per heavy atom. The van der Waals surface area contributed by atoms with Gasteiger partial charge in [-0.3, -0.25) is 6.08 Å². The van der Waals surface area contributed by atoms with Gasteiger partial charge in [-0.05, 0) is 33.1 Å². The van der Waals surface area contributed by atoms with Crippen LogP contribution in [0, 0.1) is 39.2 Å². The molecule has 0 aliphatic heterocycles. The third kappa shape index (κ3) is 7.91. The Morgan fingerprint density at radius 3 is 1.32 bits per heavy atom. The summed E-state index contributed by atoms with van der Waals surface area (Å²) in [5, 5.41) is 4.61. The van der Waals surface area contributed by atoms with E-state index in [9.17, 15) is 0 Å². The van der Waals surface area contributed by atoms with E-state index < -0.39 is 8.80 Å². The summed E-state index contributed by atoms with van der Waals surface area (Å²) < 4.78 is 0. The van der Waals surface area contributed by atoms with Crippen LogP contribution in [0.1, 0.15) is 56.4 Å². The minimum absolute atomic E-state index is 0. The molecule has 5 heteroatoms. The van der Waals surface area contributed by atoms with E-state index in [1.165, 1.54) is 43.8 Å². The Morgan fingerprint density at radius 2 is 1.03 bits per heavy atom. The smallest absolute Gasteiger partial charge is 1.00 e. The molecule has 0 saturated heterocycles. The average Bonchev–Trinajstić information content (AvgIpc) is 2.87. The molecule has 0 N–H and O–H groups in total. The van der Waals surface area contributed by atoms with Gasteiger partial charge >= 0.3 is 21.7 Å². The first-order valence-electron chi connectivity index (χ1n) is 10.0. The van der Waals surface area contributed by atoms with Gasteiger partial charge in [0.25, 0.3) is 0 Å². The van der Waals surface area contributed by atoms with Crippen molar-refractivity contribution >= 4 is 19.2 Å². The van der Waals surface area contributed by atoms with Gasteiger partial charge in [-0.15, -0.1) is 6.92 Å². The molecule has 0 aromatic heterocycles. The van der Waals surface area contributed by atoms with Crippen molar-refractivity contribution in [2.24, 2.45) is 5.41 Å². The number of aryl methyl sites for hydroxylation is 4. The van der Waals surface area contributed by atoms with E-state index in [1.807, 2.05) is 0 Å². The summed E-state index contributed by atoms with van der Waals surface area (Å²) in [6.45, 7) is 18.1. The molecule has 2 aromatic rings. The second kappa shape index (κ2) is 12.8. The summed E-state index contributed by atoms with van der Waals surface area (Å²) in [7, 11) is -1.50. The predicted molar refractivity (Wildman–Crippen MR) is 122 cm³/mol. The van der Waals surface area contributed by atoms with Crippen molar-refractivity contribution < 1.29 is 58.9 Å². The minimum atomic E-state index is -1.50. The van der Waals surface area contributed by atoms with E-state index in [2.05, 4.69) is 97.9 Å². The summed E-state index contributed by atoms with van der Waals surface area (Å²) in [6.07, 6.45) is 5.00. The Kier molecular flexibility index (Phi) is 13.6. The normalized spacial score (nSPS) is 13.0. The molecule has 0 radical (unpaired) electrons. The second-order valence-corrected chi connectivity index (χ2v) is 12.4. The molecule has 166 valence electrons. The molecule has 0 bridgehead atoms. The molecule has 1 aliphatic carbocycles. The zero-order valence-corrected chi connectivity index (χ0v) is 24.9. The van der Waals surface area contributed by atoms with Crippen LogP contribution >= 0.6 is 0 Å². The maximum absolute atomic E-state index is 3.91. The Bertz CT molecular complexity index is 864. The van der Waals surface area contributed by atoms with Crippen LogP contribution in [-0.4, -0.2) is 8.80 Å². The van der Waals surface area contributed by atoms with Crippen LogP contribution in [0.4, 0.5) is 0 Å². The van der Waals surface area contributed by atoms with E-state index in [0.717, 1.165) is 6.42 Å². The van der Waals surface area contributed by atoms with Crippen LogP contribution in [0.5, 0.6) is 0 Å². The largest absolute Gasteiger partial charge is 4.00 e. The van der Waals surface area contributed by atoms with Crippen LogP contribution in [0.25, 0.3) is 0 Å². The van der Waals surface area contributed by atoms with Gasteiger partial charge < -0.3 is 37.2 Å². The molecule has 0 heterocycles. The Hall–Kier alpha value is -0.279. The van der Waals surface area contributed by atoms with E-state index >= 15 is 0 Å². The fourth-order valence-electron chi connectivity index (χ4n) is 4.64. The maximum atomic E-state index is 3.91. The van der Waals surface area contributed by atoms with Gasteiger partial charge in [0.1, 0.15) is 8.80 Å². The Labute approximate surface area is 225 Å². The topological polar surface area (TPSA) is 0 Å². The first-order valence-corrected chi connectivity index (χ1v) is 11.8. The van der Waals surface area contributed by atoms with Gasteiger partial charge in [0.15, 0.2) is 0 Å². The number of allylic oxidation sites excluding steroid dienone is 4. The molecule has 2 aromatic carbocycles. The van der Waals surface area contributed by atoms with Crippen LogP contribution in [0.3, 0.4) is 0 Å². The SMILES string of the molecule is CC1=C(C(C)(C)C)[C-]=C([SiH](c2cc(C)cc(C)c2)c2cc(C)cc(C)c2)C1.[Cl-].[Cl-].[Cl-].[Ti+4]. The summed E-state index contributed by atoms with van der Waals surface area (Å²) in [5.74, 6) is 0. The molecular formula is C26H33Cl3SiTi. The van der Waals surface area contributed by atoms with Crippen LogP contribution in [0.15, 0.2) is 52.7 Å². The van der Waals surface area contributed by atoms with Crippen LogP contribution < -0.4 is 47.6 Å². The van der Waals surface area contributed by atoms with Crippen LogP contribution in [-0.2, 0) is 21.7 Å². The van der Waals surface area contributed by atoms with Crippen molar-refractivity contribution in [2.45, 2.75) is 61.8 Å². The van der Waals surface area contributed by atoms with E-state index in [1.54, 1.807) is 5.20 Å². The standard InChI is InChI=1S/C26H33Si.3ClH.Ti/c1-17-9-18(2)12-22(11-17)27(23-13-19(3)10-20(4)14-23)24-15-21(5)25(16-24)26(6,7)8;;;;/h9-14,27H,15H2,1-8H3;3*1H;/q-1;;;;+4/p-3. The predicted octanol–water partition coefficient (Wildman–Crippen LogP) is -3.69. The maximum Gasteiger partial charge on any atom is 4.00 e. The van der Waals surface area contributed by atoms with Crippen molar-refractivity contribution in [1.82, 2.24) is 0 Å². The van der Waals surface area contributed by atoms with Gasteiger partial charge in [-0.25, -0.2) is 11.1 Å². The summed E-state index contributed by atoms with van der Waals surface area (Å²) >= 11 is 0. The number of rotatable bonds is 3.